The molecule has 28 heteroatoms. The number of carboxylic acids is 1. The van der Waals surface area contributed by atoms with Gasteiger partial charge in [-0.25, -0.2) is 0 Å². The molecular formula is C52H79N15O12S. The number of nitrogens with one attached hydrogen (secondary N) is 8. The third kappa shape index (κ3) is 23.5. The number of phenolic OH excluding ortho intramolecular Hbond substituents is 1. The zero-order valence-corrected chi connectivity index (χ0v) is 46.1. The molecule has 0 radical (unpaired) electrons. The van der Waals surface area contributed by atoms with Crippen LogP contribution in [0.3, 0.4) is 0 Å². The van der Waals surface area contributed by atoms with Crippen molar-refractivity contribution in [1.29, 1.82) is 0 Å². The number of carboxylic acid groups (broad SMARTS) is 1. The molecule has 0 spiro atoms. The van der Waals surface area contributed by atoms with Crippen LogP contribution in [-0.4, -0.2) is 154 Å². The van der Waals surface area contributed by atoms with E-state index in [0.717, 1.165) is 0 Å². The third-order valence-electron chi connectivity index (χ3n) is 12.6. The number of hydrogen-bond donors (Lipinski definition) is 16. The molecule has 1 aromatic heterocycles. The number of carbonyl (C=O) groups excluding carboxylic acids is 9. The summed E-state index contributed by atoms with van der Waals surface area (Å²) in [5.41, 5.74) is 35.9. The van der Waals surface area contributed by atoms with Gasteiger partial charge >= 0.3 is 5.97 Å². The van der Waals surface area contributed by atoms with Crippen LogP contribution in [0.2, 0.25) is 0 Å². The number of para-hydroxylation sites is 1. The average Bonchev–Trinajstić information content (AvgIpc) is 3.80. The van der Waals surface area contributed by atoms with Crippen molar-refractivity contribution in [3.8, 4) is 5.75 Å². The molecule has 0 saturated carbocycles. The number of nitrogens with zero attached hydrogens (tertiary/aromatic N) is 1. The van der Waals surface area contributed by atoms with E-state index in [-0.39, 0.29) is 68.4 Å². The molecule has 0 aliphatic heterocycles. The van der Waals surface area contributed by atoms with Crippen LogP contribution in [0.4, 0.5) is 0 Å². The lowest BCUT2D eigenvalue weighted by molar-refractivity contribution is -0.139. The minimum atomic E-state index is -1.77. The maximum atomic E-state index is 14.3. The zero-order chi connectivity index (χ0) is 59.5. The number of nitrogens with two attached hydrogens (primary N) is 6. The van der Waals surface area contributed by atoms with Gasteiger partial charge in [-0.15, -0.1) is 0 Å². The summed E-state index contributed by atoms with van der Waals surface area (Å²) in [6.07, 6.45) is 2.34. The monoisotopic (exact) mass is 1140 g/mol. The van der Waals surface area contributed by atoms with Crippen LogP contribution in [0.25, 0.3) is 10.9 Å². The molecule has 0 aliphatic rings. The van der Waals surface area contributed by atoms with Gasteiger partial charge in [0.2, 0.25) is 53.2 Å². The number of aliphatic carboxylic acids is 1. The number of aliphatic imine (C=N–C) groups is 1. The molecule has 0 bridgehead atoms. The Bertz CT molecular complexity index is 2610. The number of phenols is 1. The maximum Gasteiger partial charge on any atom is 0.303 e. The summed E-state index contributed by atoms with van der Waals surface area (Å²) >= 11 is 1.27. The third-order valence-corrected chi connectivity index (χ3v) is 13.2. The van der Waals surface area contributed by atoms with Crippen molar-refractivity contribution in [2.24, 2.45) is 45.3 Å². The number of hydrogen-bond acceptors (Lipinski definition) is 15. The van der Waals surface area contributed by atoms with Gasteiger partial charge in [-0.1, -0.05) is 44.2 Å². The molecule has 22 N–H and O–H groups in total. The largest absolute Gasteiger partial charge is 0.508 e. The van der Waals surface area contributed by atoms with Crippen molar-refractivity contribution in [3.05, 3.63) is 65.9 Å². The fourth-order valence-electron chi connectivity index (χ4n) is 8.33. The fourth-order valence-corrected chi connectivity index (χ4v) is 8.80. The quantitative estimate of drug-likeness (QED) is 0.0162. The number of unbranched alkanes of at least 4 members (excludes halogenated alkanes) is 1. The zero-order valence-electron chi connectivity index (χ0n) is 45.3. The molecule has 0 aliphatic carbocycles. The highest BCUT2D eigenvalue weighted by Gasteiger charge is 2.35. The standard InChI is InChI=1S/C52H79N15O12S/c1-28(2)23-33(54)45(73)61-35(11-6-7-20-53)46(74)62-36(12-8-21-59-52(57)58)47(75)63-37(17-18-43(70)71)48(76)64-38(19-22-80-3)49(77)67-41(26-42(55)69)51(79)66-40(25-30-27-60-34-10-5-4-9-32(30)34)50(78)65-39(44(56)72)24-29-13-15-31(68)16-14-29/h4-5,9-10,13-16,27-28,33,35-41,60,68H,6-8,11-12,17-26,53-54H2,1-3H3,(H2,55,69)(H2,56,72)(H,61,73)(H,62,74)(H,63,75)(H,64,76)(H,65,78)(H,66,79)(H,67,77)(H,70,71)(H4,57,58,59)/t33-,35-,36-,37-,38-,39-,40-,41-/m0/s1. The van der Waals surface area contributed by atoms with E-state index < -0.39 is 127 Å². The fraction of sp³-hybridized carbons (Fsp3) is 0.519. The molecule has 9 amide bonds. The number of amides is 9. The van der Waals surface area contributed by atoms with Gasteiger partial charge in [0.25, 0.3) is 0 Å². The number of rotatable bonds is 37. The number of aromatic amines is 1. The first kappa shape index (κ1) is 66.3. The normalized spacial score (nSPS) is 14.1. The predicted molar refractivity (Wildman–Crippen MR) is 300 cm³/mol. The summed E-state index contributed by atoms with van der Waals surface area (Å²) in [5, 5.41) is 38.1. The second kappa shape index (κ2) is 34.1. The first-order valence-corrected chi connectivity index (χ1v) is 27.6. The second-order valence-electron chi connectivity index (χ2n) is 19.6. The molecule has 80 heavy (non-hydrogen) atoms. The van der Waals surface area contributed by atoms with Crippen molar-refractivity contribution in [2.45, 2.75) is 139 Å². The van der Waals surface area contributed by atoms with Crippen molar-refractivity contribution >= 4 is 87.8 Å². The van der Waals surface area contributed by atoms with Gasteiger partial charge in [0, 0.05) is 42.9 Å². The Morgan fingerprint density at radius 1 is 0.625 bits per heavy atom. The lowest BCUT2D eigenvalue weighted by Gasteiger charge is -2.28. The van der Waals surface area contributed by atoms with Gasteiger partial charge in [-0.3, -0.25) is 52.9 Å². The lowest BCUT2D eigenvalue weighted by atomic mass is 10.0. The Kier molecular flexibility index (Phi) is 28.3. The Morgan fingerprint density at radius 2 is 1.14 bits per heavy atom. The molecule has 3 aromatic rings. The number of aromatic nitrogens is 1. The highest BCUT2D eigenvalue weighted by atomic mass is 32.2. The van der Waals surface area contributed by atoms with Gasteiger partial charge in [0.1, 0.15) is 48.0 Å². The summed E-state index contributed by atoms with van der Waals surface area (Å²) < 4.78 is 0. The van der Waals surface area contributed by atoms with Crippen molar-refractivity contribution in [3.63, 3.8) is 0 Å². The Hall–Kier alpha value is -7.98. The number of thioether (sulfide) groups is 1. The molecule has 8 atom stereocenters. The summed E-state index contributed by atoms with van der Waals surface area (Å²) in [5.74, 6) is -9.62. The number of carbonyl (C=O) groups is 10. The van der Waals surface area contributed by atoms with Crippen LogP contribution in [0.15, 0.2) is 59.7 Å². The highest BCUT2D eigenvalue weighted by Crippen LogP contribution is 2.20. The summed E-state index contributed by atoms with van der Waals surface area (Å²) in [6, 6.07) is 1.70. The van der Waals surface area contributed by atoms with E-state index in [1.165, 1.54) is 36.0 Å². The Labute approximate surface area is 467 Å². The average molecular weight is 1140 g/mol. The smallest absolute Gasteiger partial charge is 0.303 e. The van der Waals surface area contributed by atoms with E-state index in [2.05, 4.69) is 47.2 Å². The second-order valence-corrected chi connectivity index (χ2v) is 20.6. The summed E-state index contributed by atoms with van der Waals surface area (Å²) in [6.45, 7) is 4.07. The Morgan fingerprint density at radius 3 is 1.69 bits per heavy atom. The van der Waals surface area contributed by atoms with Crippen LogP contribution < -0.4 is 71.6 Å². The predicted octanol–water partition coefficient (Wildman–Crippen LogP) is -2.41. The topological polar surface area (TPSA) is 480 Å². The molecule has 1 heterocycles. The molecule has 440 valence electrons. The van der Waals surface area contributed by atoms with E-state index in [0.29, 0.717) is 47.8 Å². The van der Waals surface area contributed by atoms with Gasteiger partial charge in [0.05, 0.1) is 12.5 Å². The minimum absolute atomic E-state index is 0.0163. The number of guanidine groups is 1. The lowest BCUT2D eigenvalue weighted by Crippen LogP contribution is -2.60. The van der Waals surface area contributed by atoms with Crippen LogP contribution in [0.1, 0.15) is 89.2 Å². The molecule has 2 aromatic carbocycles. The highest BCUT2D eigenvalue weighted by molar-refractivity contribution is 7.98. The first-order chi connectivity index (χ1) is 37.9. The summed E-state index contributed by atoms with van der Waals surface area (Å²) in [4.78, 5) is 142. The van der Waals surface area contributed by atoms with Crippen LogP contribution in [-0.2, 0) is 60.8 Å². The van der Waals surface area contributed by atoms with Crippen LogP contribution >= 0.6 is 11.8 Å². The number of benzene rings is 2. The SMILES string of the molecule is CSCC[C@H](NC(=O)[C@H](CCC(=O)O)NC(=O)[C@H](CCCN=C(N)N)NC(=O)[C@H](CCCCN)NC(=O)[C@@H](N)CC(C)C)C(=O)N[C@@H](CC(N)=O)C(=O)N[C@@H](Cc1c[nH]c2ccccc12)C(=O)N[C@@H](Cc1ccc(O)cc1)C(N)=O. The minimum Gasteiger partial charge on any atom is -0.508 e. The van der Waals surface area contributed by atoms with E-state index in [9.17, 15) is 58.2 Å². The molecular weight excluding hydrogens is 1060 g/mol. The van der Waals surface area contributed by atoms with E-state index in [1.54, 1.807) is 36.7 Å². The molecule has 0 unspecified atom stereocenters. The van der Waals surface area contributed by atoms with Gasteiger partial charge < -0.3 is 86.8 Å². The van der Waals surface area contributed by atoms with Gasteiger partial charge in [-0.05, 0) is 105 Å². The molecule has 3 rings (SSSR count). The van der Waals surface area contributed by atoms with Crippen molar-refractivity contribution < 1.29 is 58.2 Å². The number of primary amides is 2. The van der Waals surface area contributed by atoms with E-state index in [4.69, 9.17) is 34.4 Å². The number of H-pyrrole nitrogens is 1. The molecule has 27 nitrogen and oxygen atoms in total. The van der Waals surface area contributed by atoms with Gasteiger partial charge in [-0.2, -0.15) is 11.8 Å². The van der Waals surface area contributed by atoms with Crippen molar-refractivity contribution in [2.75, 3.05) is 25.1 Å². The number of aromatic hydroxyl groups is 1. The molecule has 0 fully saturated rings. The Balaban J connectivity index is 1.94. The maximum absolute atomic E-state index is 14.3. The number of fused-ring (bicyclic) bond motifs is 1. The molecule has 0 saturated heterocycles. The van der Waals surface area contributed by atoms with Gasteiger partial charge in [0.15, 0.2) is 5.96 Å². The summed E-state index contributed by atoms with van der Waals surface area (Å²) in [7, 11) is 0. The van der Waals surface area contributed by atoms with Crippen LogP contribution in [0.5, 0.6) is 5.75 Å². The van der Waals surface area contributed by atoms with E-state index >= 15 is 0 Å². The first-order valence-electron chi connectivity index (χ1n) is 26.2. The van der Waals surface area contributed by atoms with Crippen LogP contribution in [0, 0.1) is 5.92 Å². The van der Waals surface area contributed by atoms with E-state index in [1.807, 2.05) is 13.8 Å². The van der Waals surface area contributed by atoms with Crippen molar-refractivity contribution in [1.82, 2.24) is 42.2 Å².